The third kappa shape index (κ3) is 3.38. The van der Waals surface area contributed by atoms with E-state index in [0.29, 0.717) is 24.0 Å². The molecule has 3 rings (SSSR count). The lowest BCUT2D eigenvalue weighted by Crippen LogP contribution is -2.35. The number of hydrogen-bond acceptors (Lipinski definition) is 5. The summed E-state index contributed by atoms with van der Waals surface area (Å²) in [4.78, 5) is 16.6. The summed E-state index contributed by atoms with van der Waals surface area (Å²) in [5, 5.41) is 5.92. The molecule has 1 amide bonds. The molecule has 24 heavy (non-hydrogen) atoms. The zero-order valence-electron chi connectivity index (χ0n) is 13.6. The van der Waals surface area contributed by atoms with Crippen LogP contribution in [0.4, 0.5) is 0 Å². The Hall–Kier alpha value is -2.86. The topological polar surface area (TPSA) is 80.3 Å². The molecule has 0 radical (unpaired) electrons. The molecular weight excluding hydrogens is 306 g/mol. The third-order valence-electron chi connectivity index (χ3n) is 3.74. The molecule has 0 saturated carbocycles. The van der Waals surface area contributed by atoms with E-state index in [1.165, 1.54) is 0 Å². The van der Waals surface area contributed by atoms with E-state index in [0.717, 1.165) is 11.3 Å². The first-order chi connectivity index (χ1) is 11.7. The predicted molar refractivity (Wildman–Crippen MR) is 89.0 cm³/mol. The average Bonchev–Trinajstić information content (AvgIpc) is 3.26. The molecule has 0 bridgehead atoms. The molecule has 0 aliphatic carbocycles. The molecule has 0 spiro atoms. The van der Waals surface area contributed by atoms with Crippen molar-refractivity contribution in [2.45, 2.75) is 19.5 Å². The van der Waals surface area contributed by atoms with E-state index in [2.05, 4.69) is 15.6 Å². The van der Waals surface area contributed by atoms with Crippen LogP contribution in [0.1, 0.15) is 23.1 Å². The van der Waals surface area contributed by atoms with Crippen LogP contribution in [0.5, 0.6) is 0 Å². The third-order valence-corrected chi connectivity index (χ3v) is 3.74. The molecule has 6 nitrogen and oxygen atoms in total. The van der Waals surface area contributed by atoms with Crippen molar-refractivity contribution in [2.75, 3.05) is 7.05 Å². The van der Waals surface area contributed by atoms with E-state index < -0.39 is 6.04 Å². The van der Waals surface area contributed by atoms with Gasteiger partial charge in [0.05, 0.1) is 12.0 Å². The van der Waals surface area contributed by atoms with E-state index >= 15 is 0 Å². The first-order valence-corrected chi connectivity index (χ1v) is 7.69. The molecule has 0 saturated heterocycles. The fraction of sp³-hybridized carbons (Fsp3) is 0.222. The van der Waals surface area contributed by atoms with E-state index in [-0.39, 0.29) is 5.91 Å². The van der Waals surface area contributed by atoms with Crippen LogP contribution >= 0.6 is 0 Å². The first kappa shape index (κ1) is 16.0. The average molecular weight is 325 g/mol. The van der Waals surface area contributed by atoms with Gasteiger partial charge in [0.25, 0.3) is 5.89 Å². The van der Waals surface area contributed by atoms with Gasteiger partial charge in [-0.05, 0) is 24.6 Å². The minimum Gasteiger partial charge on any atom is -0.459 e. The second-order valence-electron chi connectivity index (χ2n) is 5.34. The number of benzene rings is 1. The first-order valence-electron chi connectivity index (χ1n) is 7.69. The molecule has 2 N–H and O–H groups in total. The van der Waals surface area contributed by atoms with E-state index in [4.69, 9.17) is 8.83 Å². The maximum atomic E-state index is 12.2. The molecular formula is C18H19N3O3. The number of nitrogens with one attached hydrogen (secondary N) is 2. The molecule has 2 heterocycles. The number of nitrogens with zero attached hydrogens (tertiary/aromatic N) is 1. The number of carbonyl (C=O) groups excluding carboxylic acids is 1. The van der Waals surface area contributed by atoms with Gasteiger partial charge in [0.1, 0.15) is 11.8 Å². The number of amides is 1. The van der Waals surface area contributed by atoms with Gasteiger partial charge in [-0.2, -0.15) is 0 Å². The Morgan fingerprint density at radius 1 is 1.21 bits per heavy atom. The SMILES string of the molecule is CNC(=O)C(NCc1nc(-c2ccco2)oc1C)c1ccccc1. The van der Waals surface area contributed by atoms with Crippen LogP contribution in [-0.2, 0) is 11.3 Å². The Balaban J connectivity index is 1.77. The number of oxazole rings is 1. The van der Waals surface area contributed by atoms with Gasteiger partial charge in [-0.15, -0.1) is 0 Å². The van der Waals surface area contributed by atoms with Crippen LogP contribution in [-0.4, -0.2) is 17.9 Å². The quantitative estimate of drug-likeness (QED) is 0.728. The maximum absolute atomic E-state index is 12.2. The Kier molecular flexibility index (Phi) is 4.77. The van der Waals surface area contributed by atoms with Crippen molar-refractivity contribution < 1.29 is 13.6 Å². The van der Waals surface area contributed by atoms with Crippen LogP contribution in [0.25, 0.3) is 11.7 Å². The van der Waals surface area contributed by atoms with Gasteiger partial charge in [0, 0.05) is 13.6 Å². The molecule has 6 heteroatoms. The van der Waals surface area contributed by atoms with Crippen molar-refractivity contribution in [3.05, 3.63) is 65.7 Å². The summed E-state index contributed by atoms with van der Waals surface area (Å²) in [6, 6.07) is 12.7. The van der Waals surface area contributed by atoms with Crippen molar-refractivity contribution in [2.24, 2.45) is 0 Å². The summed E-state index contributed by atoms with van der Waals surface area (Å²) in [6.45, 7) is 2.25. The molecule has 1 atom stereocenters. The second kappa shape index (κ2) is 7.14. The number of furan rings is 1. The molecule has 2 aromatic heterocycles. The Bertz CT molecular complexity index is 794. The lowest BCUT2D eigenvalue weighted by molar-refractivity contribution is -0.122. The number of aromatic nitrogens is 1. The van der Waals surface area contributed by atoms with Crippen molar-refractivity contribution in [1.82, 2.24) is 15.6 Å². The fourth-order valence-corrected chi connectivity index (χ4v) is 2.45. The van der Waals surface area contributed by atoms with Gasteiger partial charge in [-0.25, -0.2) is 4.98 Å². The van der Waals surface area contributed by atoms with Crippen LogP contribution in [0.15, 0.2) is 57.6 Å². The van der Waals surface area contributed by atoms with Crippen molar-refractivity contribution in [1.29, 1.82) is 0 Å². The molecule has 0 fully saturated rings. The summed E-state index contributed by atoms with van der Waals surface area (Å²) in [6.07, 6.45) is 1.57. The summed E-state index contributed by atoms with van der Waals surface area (Å²) in [5.41, 5.74) is 1.63. The Labute approximate surface area is 139 Å². The van der Waals surface area contributed by atoms with Gasteiger partial charge < -0.3 is 14.2 Å². The standard InChI is InChI=1S/C18H19N3O3/c1-12-14(21-18(24-12)15-9-6-10-23-15)11-20-16(17(22)19-2)13-7-4-3-5-8-13/h3-10,16,20H,11H2,1-2H3,(H,19,22). The minimum absolute atomic E-state index is 0.103. The van der Waals surface area contributed by atoms with Crippen molar-refractivity contribution in [3.8, 4) is 11.7 Å². The molecule has 124 valence electrons. The number of rotatable bonds is 6. The Morgan fingerprint density at radius 3 is 2.67 bits per heavy atom. The molecule has 0 aliphatic rings. The molecule has 1 aromatic carbocycles. The summed E-state index contributed by atoms with van der Waals surface area (Å²) in [5.74, 6) is 1.60. The number of carbonyl (C=O) groups is 1. The highest BCUT2D eigenvalue weighted by Gasteiger charge is 2.20. The number of likely N-dealkylation sites (N-methyl/N-ethyl adjacent to an activating group) is 1. The minimum atomic E-state index is -0.459. The molecule has 3 aromatic rings. The van der Waals surface area contributed by atoms with Gasteiger partial charge in [-0.3, -0.25) is 10.1 Å². The Morgan fingerprint density at radius 2 is 2.00 bits per heavy atom. The van der Waals surface area contributed by atoms with Gasteiger partial charge in [0.2, 0.25) is 5.91 Å². The van der Waals surface area contributed by atoms with Gasteiger partial charge >= 0.3 is 0 Å². The highest BCUT2D eigenvalue weighted by atomic mass is 16.4. The van der Waals surface area contributed by atoms with Crippen molar-refractivity contribution >= 4 is 5.91 Å². The van der Waals surface area contributed by atoms with Crippen molar-refractivity contribution in [3.63, 3.8) is 0 Å². The summed E-state index contributed by atoms with van der Waals surface area (Å²) >= 11 is 0. The predicted octanol–water partition coefficient (Wildman–Crippen LogP) is 2.82. The zero-order chi connectivity index (χ0) is 16.9. The summed E-state index contributed by atoms with van der Waals surface area (Å²) in [7, 11) is 1.62. The largest absolute Gasteiger partial charge is 0.459 e. The number of aryl methyl sites for hydroxylation is 1. The van der Waals surface area contributed by atoms with Gasteiger partial charge in [-0.1, -0.05) is 30.3 Å². The molecule has 1 unspecified atom stereocenters. The smallest absolute Gasteiger partial charge is 0.263 e. The monoisotopic (exact) mass is 325 g/mol. The fourth-order valence-electron chi connectivity index (χ4n) is 2.45. The second-order valence-corrected chi connectivity index (χ2v) is 5.34. The number of hydrogen-bond donors (Lipinski definition) is 2. The van der Waals surface area contributed by atoms with Gasteiger partial charge in [0.15, 0.2) is 5.76 Å². The van der Waals surface area contributed by atoms with Crippen LogP contribution in [0.2, 0.25) is 0 Å². The van der Waals surface area contributed by atoms with E-state index in [9.17, 15) is 4.79 Å². The lowest BCUT2D eigenvalue weighted by Gasteiger charge is -2.17. The highest BCUT2D eigenvalue weighted by molar-refractivity contribution is 5.82. The zero-order valence-corrected chi connectivity index (χ0v) is 13.6. The lowest BCUT2D eigenvalue weighted by atomic mass is 10.1. The van der Waals surface area contributed by atoms with Crippen LogP contribution < -0.4 is 10.6 Å². The van der Waals surface area contributed by atoms with Crippen LogP contribution in [0.3, 0.4) is 0 Å². The van der Waals surface area contributed by atoms with E-state index in [1.54, 1.807) is 25.4 Å². The van der Waals surface area contributed by atoms with Crippen LogP contribution in [0, 0.1) is 6.92 Å². The summed E-state index contributed by atoms with van der Waals surface area (Å²) < 4.78 is 10.9. The maximum Gasteiger partial charge on any atom is 0.263 e. The normalized spacial score (nSPS) is 12.1. The highest BCUT2D eigenvalue weighted by Crippen LogP contribution is 2.22. The van der Waals surface area contributed by atoms with E-state index in [1.807, 2.05) is 37.3 Å². The molecule has 0 aliphatic heterocycles.